The predicted molar refractivity (Wildman–Crippen MR) is 119 cm³/mol. The van der Waals surface area contributed by atoms with Crippen LogP contribution in [0, 0.1) is 0 Å². The van der Waals surface area contributed by atoms with Crippen LogP contribution in [0.1, 0.15) is 40.5 Å². The third-order valence-electron chi connectivity index (χ3n) is 4.66. The van der Waals surface area contributed by atoms with E-state index in [2.05, 4.69) is 15.4 Å². The van der Waals surface area contributed by atoms with Gasteiger partial charge in [0.1, 0.15) is 0 Å². The minimum atomic E-state index is -3.62. The summed E-state index contributed by atoms with van der Waals surface area (Å²) in [6, 6.07) is 10.8. The van der Waals surface area contributed by atoms with Gasteiger partial charge in [0.25, 0.3) is 11.8 Å². The standard InChI is InChI=1S/C21H24N4O5S/c1-14(26)22-17-9-10-19(24-31(2,29)30)18(13-17)20(27)23-16-7-5-15(6-8-16)21(28)25-11-3-4-12-25/h5-10,13,24H,3-4,11-12H2,1-2H3,(H,22,26)(H,23,27). The first-order valence-electron chi connectivity index (χ1n) is 9.72. The molecule has 0 aromatic heterocycles. The number of sulfonamides is 1. The van der Waals surface area contributed by atoms with E-state index in [9.17, 15) is 22.8 Å². The van der Waals surface area contributed by atoms with Crippen LogP contribution in [0.4, 0.5) is 17.1 Å². The number of anilines is 3. The van der Waals surface area contributed by atoms with E-state index in [0.29, 0.717) is 16.9 Å². The molecule has 0 radical (unpaired) electrons. The molecule has 1 saturated heterocycles. The highest BCUT2D eigenvalue weighted by atomic mass is 32.2. The van der Waals surface area contributed by atoms with Gasteiger partial charge in [0.15, 0.2) is 0 Å². The third kappa shape index (κ3) is 6.05. The highest BCUT2D eigenvalue weighted by molar-refractivity contribution is 7.92. The van der Waals surface area contributed by atoms with Gasteiger partial charge in [-0.05, 0) is 55.3 Å². The smallest absolute Gasteiger partial charge is 0.257 e. The molecular formula is C21H24N4O5S. The maximum Gasteiger partial charge on any atom is 0.257 e. The molecule has 0 aliphatic carbocycles. The monoisotopic (exact) mass is 444 g/mol. The molecule has 1 aliphatic rings. The van der Waals surface area contributed by atoms with Crippen molar-refractivity contribution in [2.45, 2.75) is 19.8 Å². The van der Waals surface area contributed by atoms with Crippen LogP contribution in [-0.4, -0.2) is 50.4 Å². The summed E-state index contributed by atoms with van der Waals surface area (Å²) in [4.78, 5) is 38.4. The van der Waals surface area contributed by atoms with Crippen molar-refractivity contribution >= 4 is 44.8 Å². The van der Waals surface area contributed by atoms with E-state index in [1.165, 1.54) is 25.1 Å². The number of likely N-dealkylation sites (tertiary alicyclic amines) is 1. The molecule has 0 spiro atoms. The Morgan fingerprint density at radius 2 is 1.52 bits per heavy atom. The zero-order valence-corrected chi connectivity index (χ0v) is 18.1. The zero-order chi connectivity index (χ0) is 22.6. The maximum atomic E-state index is 12.9. The van der Waals surface area contributed by atoms with Crippen LogP contribution in [0.25, 0.3) is 0 Å². The van der Waals surface area contributed by atoms with E-state index >= 15 is 0 Å². The van der Waals surface area contributed by atoms with Gasteiger partial charge in [-0.1, -0.05) is 0 Å². The number of hydrogen-bond acceptors (Lipinski definition) is 5. The van der Waals surface area contributed by atoms with Gasteiger partial charge >= 0.3 is 0 Å². The Labute approximate surface area is 180 Å². The predicted octanol–water partition coefficient (Wildman–Crippen LogP) is 2.50. The summed E-state index contributed by atoms with van der Waals surface area (Å²) in [6.07, 6.45) is 2.98. The lowest BCUT2D eigenvalue weighted by Crippen LogP contribution is -2.27. The number of amides is 3. The maximum absolute atomic E-state index is 12.9. The normalized spacial score (nSPS) is 13.5. The molecule has 0 atom stereocenters. The Morgan fingerprint density at radius 3 is 2.10 bits per heavy atom. The molecule has 1 heterocycles. The molecule has 1 aliphatic heterocycles. The van der Waals surface area contributed by atoms with Gasteiger partial charge in [0.05, 0.1) is 17.5 Å². The van der Waals surface area contributed by atoms with Gasteiger partial charge in [-0.15, -0.1) is 0 Å². The molecule has 2 aromatic carbocycles. The number of nitrogens with zero attached hydrogens (tertiary/aromatic N) is 1. The van der Waals surface area contributed by atoms with Crippen molar-refractivity contribution in [2.24, 2.45) is 0 Å². The zero-order valence-electron chi connectivity index (χ0n) is 17.3. The summed E-state index contributed by atoms with van der Waals surface area (Å²) < 4.78 is 25.6. The van der Waals surface area contributed by atoms with Crippen molar-refractivity contribution in [3.63, 3.8) is 0 Å². The van der Waals surface area contributed by atoms with Crippen molar-refractivity contribution in [2.75, 3.05) is 34.7 Å². The molecular weight excluding hydrogens is 420 g/mol. The Balaban J connectivity index is 1.80. The van der Waals surface area contributed by atoms with E-state index in [1.807, 2.05) is 0 Å². The molecule has 9 nitrogen and oxygen atoms in total. The second kappa shape index (κ2) is 9.17. The lowest BCUT2D eigenvalue weighted by atomic mass is 10.1. The summed E-state index contributed by atoms with van der Waals surface area (Å²) in [7, 11) is -3.62. The fraction of sp³-hybridized carbons (Fsp3) is 0.286. The first kappa shape index (κ1) is 22.3. The van der Waals surface area contributed by atoms with E-state index in [-0.39, 0.29) is 23.1 Å². The van der Waals surface area contributed by atoms with Crippen LogP contribution in [0.15, 0.2) is 42.5 Å². The van der Waals surface area contributed by atoms with Gasteiger partial charge in [-0.2, -0.15) is 0 Å². The summed E-state index contributed by atoms with van der Waals surface area (Å²) >= 11 is 0. The topological polar surface area (TPSA) is 125 Å². The molecule has 3 amide bonds. The minimum absolute atomic E-state index is 0.0360. The van der Waals surface area contributed by atoms with Crippen molar-refractivity contribution in [3.8, 4) is 0 Å². The van der Waals surface area contributed by atoms with Gasteiger partial charge in [0.2, 0.25) is 15.9 Å². The molecule has 31 heavy (non-hydrogen) atoms. The number of hydrogen-bond donors (Lipinski definition) is 3. The van der Waals surface area contributed by atoms with Crippen LogP contribution in [0.2, 0.25) is 0 Å². The van der Waals surface area contributed by atoms with Crippen molar-refractivity contribution in [3.05, 3.63) is 53.6 Å². The van der Waals surface area contributed by atoms with Crippen LogP contribution in [-0.2, 0) is 14.8 Å². The first-order chi connectivity index (χ1) is 14.6. The van der Waals surface area contributed by atoms with Crippen LogP contribution in [0.5, 0.6) is 0 Å². The molecule has 2 aromatic rings. The summed E-state index contributed by atoms with van der Waals surface area (Å²) in [5.74, 6) is -0.941. The summed E-state index contributed by atoms with van der Waals surface area (Å²) in [5.41, 5.74) is 1.44. The van der Waals surface area contributed by atoms with E-state index < -0.39 is 15.9 Å². The average molecular weight is 445 g/mol. The Kier molecular flexibility index (Phi) is 6.59. The minimum Gasteiger partial charge on any atom is -0.339 e. The fourth-order valence-electron chi connectivity index (χ4n) is 3.30. The molecule has 3 N–H and O–H groups in total. The molecule has 1 fully saturated rings. The second-order valence-electron chi connectivity index (χ2n) is 7.35. The average Bonchev–Trinajstić information content (AvgIpc) is 3.22. The molecule has 10 heteroatoms. The van der Waals surface area contributed by atoms with Crippen molar-refractivity contribution in [1.29, 1.82) is 0 Å². The van der Waals surface area contributed by atoms with E-state index in [0.717, 1.165) is 32.2 Å². The quantitative estimate of drug-likeness (QED) is 0.631. The van der Waals surface area contributed by atoms with Gasteiger partial charge in [-0.3, -0.25) is 19.1 Å². The SMILES string of the molecule is CC(=O)Nc1ccc(NS(C)(=O)=O)c(C(=O)Nc2ccc(C(=O)N3CCCC3)cc2)c1. The molecule has 164 valence electrons. The first-order valence-corrected chi connectivity index (χ1v) is 11.6. The second-order valence-corrected chi connectivity index (χ2v) is 9.10. The van der Waals surface area contributed by atoms with Gasteiger partial charge in [-0.25, -0.2) is 8.42 Å². The summed E-state index contributed by atoms with van der Waals surface area (Å²) in [5, 5.41) is 5.25. The van der Waals surface area contributed by atoms with E-state index in [4.69, 9.17) is 0 Å². The van der Waals surface area contributed by atoms with Crippen LogP contribution >= 0.6 is 0 Å². The van der Waals surface area contributed by atoms with Gasteiger partial charge in [0, 0.05) is 37.0 Å². The largest absolute Gasteiger partial charge is 0.339 e. The third-order valence-corrected chi connectivity index (χ3v) is 5.25. The lowest BCUT2D eigenvalue weighted by molar-refractivity contribution is -0.114. The molecule has 0 saturated carbocycles. The Hall–Kier alpha value is -3.40. The fourth-order valence-corrected chi connectivity index (χ4v) is 3.88. The Bertz CT molecular complexity index is 1110. The Morgan fingerprint density at radius 1 is 0.903 bits per heavy atom. The molecule has 0 unspecified atom stereocenters. The van der Waals surface area contributed by atoms with Crippen molar-refractivity contribution in [1.82, 2.24) is 4.90 Å². The number of carbonyl (C=O) groups excluding carboxylic acids is 3. The lowest BCUT2D eigenvalue weighted by Gasteiger charge is -2.16. The highest BCUT2D eigenvalue weighted by Gasteiger charge is 2.20. The van der Waals surface area contributed by atoms with E-state index in [1.54, 1.807) is 29.2 Å². The highest BCUT2D eigenvalue weighted by Crippen LogP contribution is 2.23. The number of benzene rings is 2. The van der Waals surface area contributed by atoms with Gasteiger partial charge < -0.3 is 15.5 Å². The molecule has 0 bridgehead atoms. The number of carbonyl (C=O) groups is 3. The summed E-state index contributed by atoms with van der Waals surface area (Å²) in [6.45, 7) is 2.82. The molecule has 3 rings (SSSR count). The van der Waals surface area contributed by atoms with Crippen LogP contribution in [0.3, 0.4) is 0 Å². The number of nitrogens with one attached hydrogen (secondary N) is 3. The van der Waals surface area contributed by atoms with Crippen LogP contribution < -0.4 is 15.4 Å². The van der Waals surface area contributed by atoms with Crippen molar-refractivity contribution < 1.29 is 22.8 Å². The number of rotatable bonds is 6.